The summed E-state index contributed by atoms with van der Waals surface area (Å²) in [6.45, 7) is 0. The van der Waals surface area contributed by atoms with Gasteiger partial charge < -0.3 is 11.1 Å². The van der Waals surface area contributed by atoms with Gasteiger partial charge in [-0.3, -0.25) is 0 Å². The summed E-state index contributed by atoms with van der Waals surface area (Å²) in [5, 5.41) is 6.16. The van der Waals surface area contributed by atoms with Gasteiger partial charge in [-0.1, -0.05) is 30.9 Å². The van der Waals surface area contributed by atoms with Crippen LogP contribution in [0.4, 0.5) is 19.7 Å². The number of halogens is 3. The minimum atomic E-state index is -0.595. The molecule has 1 heterocycles. The Morgan fingerprint density at radius 3 is 2.38 bits per heavy atom. The number of benzene rings is 1. The maximum atomic E-state index is 12.8. The van der Waals surface area contributed by atoms with E-state index in [2.05, 4.69) is 30.0 Å². The molecule has 0 saturated heterocycles. The summed E-state index contributed by atoms with van der Waals surface area (Å²) in [4.78, 5) is 3.82. The largest absolute Gasteiger partial charge is 0.375 e. The average molecular weight is 423 g/mol. The second kappa shape index (κ2) is 12.3. The van der Waals surface area contributed by atoms with Crippen molar-refractivity contribution >= 4 is 46.4 Å². The molecular formula is C17H25ClF2N4S2. The molecule has 9 heteroatoms. The summed E-state index contributed by atoms with van der Waals surface area (Å²) >= 11 is 10.8. The number of hydrogen-bond donors (Lipinski definition) is 3. The lowest BCUT2D eigenvalue weighted by atomic mass is 9.96. The molecule has 4 nitrogen and oxygen atoms in total. The van der Waals surface area contributed by atoms with Crippen LogP contribution in [0.5, 0.6) is 0 Å². The third-order valence-electron chi connectivity index (χ3n) is 3.81. The predicted octanol–water partition coefficient (Wildman–Crippen LogP) is 5.35. The van der Waals surface area contributed by atoms with E-state index in [-0.39, 0.29) is 20.7 Å². The summed E-state index contributed by atoms with van der Waals surface area (Å²) in [6, 6.07) is 3.08. The first-order valence-electron chi connectivity index (χ1n) is 8.24. The summed E-state index contributed by atoms with van der Waals surface area (Å²) in [5.74, 6) is -0.595. The molecule has 0 atom stereocenters. The predicted molar refractivity (Wildman–Crippen MR) is 111 cm³/mol. The maximum absolute atomic E-state index is 12.8. The number of aromatic nitrogens is 1. The summed E-state index contributed by atoms with van der Waals surface area (Å²) in [5.41, 5.74) is 5.18. The van der Waals surface area contributed by atoms with E-state index in [1.807, 2.05) is 5.38 Å². The molecule has 0 unspecified atom stereocenters. The molecule has 3 rings (SSSR count). The lowest BCUT2D eigenvalue weighted by Crippen LogP contribution is -2.26. The van der Waals surface area contributed by atoms with Crippen LogP contribution in [0.3, 0.4) is 0 Å². The maximum Gasteiger partial charge on any atom is 0.179 e. The number of nitrogens with two attached hydrogens (primary N) is 1. The zero-order valence-corrected chi connectivity index (χ0v) is 17.4. The minimum Gasteiger partial charge on any atom is -0.375 e. The highest BCUT2D eigenvalue weighted by Crippen LogP contribution is 2.29. The summed E-state index contributed by atoms with van der Waals surface area (Å²) in [6.07, 6.45) is 8.81. The van der Waals surface area contributed by atoms with E-state index in [9.17, 15) is 8.87 Å². The van der Waals surface area contributed by atoms with Gasteiger partial charge in [0.2, 0.25) is 0 Å². The molecule has 1 saturated carbocycles. The molecular weight excluding hydrogens is 398 g/mol. The smallest absolute Gasteiger partial charge is 0.179 e. The van der Waals surface area contributed by atoms with Crippen molar-refractivity contribution in [3.8, 4) is 0 Å². The average Bonchev–Trinajstić information content (AvgIpc) is 3.10. The van der Waals surface area contributed by atoms with Crippen LogP contribution < -0.4 is 16.2 Å². The van der Waals surface area contributed by atoms with E-state index in [1.165, 1.54) is 49.5 Å². The second-order valence-corrected chi connectivity index (χ2v) is 7.54. The molecule has 26 heavy (non-hydrogen) atoms. The van der Waals surface area contributed by atoms with Crippen LogP contribution in [0, 0.1) is 5.82 Å². The standard InChI is InChI=1S/C7H6ClF2NS.C7H15N.C3H4N2S/c1-11(10)6-3-5(9)7(12)2-4(6)8;1-8-7-5-3-2-4-6-7;4-3-5-1-2-6-3/h2-3,12H,1H3;7-8H,2-6H2,1H3;1-2H,(H2,4,5). The van der Waals surface area contributed by atoms with Crippen molar-refractivity contribution in [1.82, 2.24) is 10.3 Å². The molecule has 0 spiro atoms. The van der Waals surface area contributed by atoms with Gasteiger partial charge in [0.05, 0.1) is 10.7 Å². The third-order valence-corrected chi connectivity index (χ3v) is 5.06. The zero-order chi connectivity index (χ0) is 19.5. The van der Waals surface area contributed by atoms with E-state index in [0.29, 0.717) is 5.13 Å². The van der Waals surface area contributed by atoms with Crippen molar-refractivity contribution in [2.45, 2.75) is 43.0 Å². The van der Waals surface area contributed by atoms with Gasteiger partial charge in [-0.25, -0.2) is 14.5 Å². The van der Waals surface area contributed by atoms with Crippen molar-refractivity contribution in [3.63, 3.8) is 0 Å². The number of thiol groups is 1. The SMILES string of the molecule is CN(F)c1cc(F)c(S)cc1Cl.CNC1CCCCC1.Nc1nccs1. The van der Waals surface area contributed by atoms with Crippen LogP contribution in [-0.4, -0.2) is 25.1 Å². The van der Waals surface area contributed by atoms with Crippen molar-refractivity contribution in [1.29, 1.82) is 0 Å². The van der Waals surface area contributed by atoms with Gasteiger partial charge in [0.1, 0.15) is 5.82 Å². The van der Waals surface area contributed by atoms with Crippen molar-refractivity contribution < 1.29 is 8.87 Å². The van der Waals surface area contributed by atoms with Crippen LogP contribution in [0.25, 0.3) is 0 Å². The second-order valence-electron chi connectivity index (χ2n) is 5.73. The third kappa shape index (κ3) is 8.53. The number of anilines is 2. The Bertz CT molecular complexity index is 636. The van der Waals surface area contributed by atoms with Gasteiger partial charge in [-0.2, -0.15) is 0 Å². The molecule has 3 N–H and O–H groups in total. The van der Waals surface area contributed by atoms with Crippen LogP contribution in [-0.2, 0) is 0 Å². The van der Waals surface area contributed by atoms with Crippen LogP contribution >= 0.6 is 35.6 Å². The topological polar surface area (TPSA) is 54.2 Å². The Hall–Kier alpha value is -1.09. The Morgan fingerprint density at radius 2 is 2.00 bits per heavy atom. The van der Waals surface area contributed by atoms with Gasteiger partial charge >= 0.3 is 0 Å². The summed E-state index contributed by atoms with van der Waals surface area (Å²) < 4.78 is 25.4. The van der Waals surface area contributed by atoms with Crippen LogP contribution in [0.2, 0.25) is 5.02 Å². The van der Waals surface area contributed by atoms with E-state index in [0.717, 1.165) is 19.2 Å². The van der Waals surface area contributed by atoms with E-state index >= 15 is 0 Å². The summed E-state index contributed by atoms with van der Waals surface area (Å²) in [7, 11) is 3.20. The monoisotopic (exact) mass is 422 g/mol. The zero-order valence-electron chi connectivity index (χ0n) is 14.9. The number of thiazole rings is 1. The Kier molecular flexibility index (Phi) is 10.9. The Balaban J connectivity index is 0.000000208. The van der Waals surface area contributed by atoms with Gasteiger partial charge in [-0.15, -0.1) is 28.4 Å². The Morgan fingerprint density at radius 1 is 1.35 bits per heavy atom. The number of nitrogens with zero attached hydrogens (tertiary/aromatic N) is 2. The highest BCUT2D eigenvalue weighted by Gasteiger charge is 2.10. The number of hydrogen-bond acceptors (Lipinski definition) is 6. The van der Waals surface area contributed by atoms with E-state index in [4.69, 9.17) is 17.3 Å². The van der Waals surface area contributed by atoms with Crippen molar-refractivity contribution in [3.05, 3.63) is 34.5 Å². The van der Waals surface area contributed by atoms with Gasteiger partial charge in [0, 0.05) is 35.6 Å². The molecule has 146 valence electrons. The quantitative estimate of drug-likeness (QED) is 0.451. The molecule has 0 radical (unpaired) electrons. The normalized spacial score (nSPS) is 13.9. The first kappa shape index (κ1) is 23.0. The van der Waals surface area contributed by atoms with Crippen molar-refractivity contribution in [2.24, 2.45) is 0 Å². The molecule has 0 amide bonds. The van der Waals surface area contributed by atoms with Gasteiger partial charge in [-0.05, 0) is 26.0 Å². The molecule has 1 aliphatic rings. The minimum absolute atomic E-state index is 0.00744. The highest BCUT2D eigenvalue weighted by molar-refractivity contribution is 7.80. The Labute approximate surface area is 168 Å². The van der Waals surface area contributed by atoms with E-state index in [1.54, 1.807) is 6.20 Å². The molecule has 0 bridgehead atoms. The lowest BCUT2D eigenvalue weighted by molar-refractivity contribution is 0.394. The van der Waals surface area contributed by atoms with Gasteiger partial charge in [0.15, 0.2) is 5.13 Å². The van der Waals surface area contributed by atoms with E-state index < -0.39 is 5.82 Å². The fourth-order valence-corrected chi connectivity index (χ4v) is 3.32. The van der Waals surface area contributed by atoms with Crippen LogP contribution in [0.15, 0.2) is 28.6 Å². The molecule has 1 fully saturated rings. The van der Waals surface area contributed by atoms with Crippen molar-refractivity contribution in [2.75, 3.05) is 25.0 Å². The fourth-order valence-electron chi connectivity index (χ4n) is 2.39. The van der Waals surface area contributed by atoms with Gasteiger partial charge in [0.25, 0.3) is 0 Å². The first-order chi connectivity index (χ1) is 12.3. The highest BCUT2D eigenvalue weighted by atomic mass is 35.5. The fraction of sp³-hybridized carbons (Fsp3) is 0.471. The molecule has 1 aliphatic carbocycles. The molecule has 0 aliphatic heterocycles. The number of rotatable bonds is 2. The molecule has 1 aromatic heterocycles. The van der Waals surface area contributed by atoms with Crippen LogP contribution in [0.1, 0.15) is 32.1 Å². The lowest BCUT2D eigenvalue weighted by Gasteiger charge is -2.20. The molecule has 1 aromatic carbocycles. The number of nitrogen functional groups attached to an aromatic ring is 1. The molecule has 2 aromatic rings. The number of nitrogens with one attached hydrogen (secondary N) is 1. The first-order valence-corrected chi connectivity index (χ1v) is 9.95.